The van der Waals surface area contributed by atoms with Gasteiger partial charge in [-0.2, -0.15) is 18.3 Å². The fourth-order valence-corrected chi connectivity index (χ4v) is 2.08. The predicted octanol–water partition coefficient (Wildman–Crippen LogP) is 4.10. The van der Waals surface area contributed by atoms with Gasteiger partial charge in [-0.05, 0) is 35.9 Å². The summed E-state index contributed by atoms with van der Waals surface area (Å²) in [7, 11) is 0. The maximum atomic E-state index is 12.6. The molecule has 0 bridgehead atoms. The molecule has 0 saturated carbocycles. The van der Waals surface area contributed by atoms with Crippen molar-refractivity contribution in [3.8, 4) is 0 Å². The minimum atomic E-state index is -4.56. The lowest BCUT2D eigenvalue weighted by atomic mass is 10.2. The van der Waals surface area contributed by atoms with Gasteiger partial charge in [0.15, 0.2) is 0 Å². The van der Waals surface area contributed by atoms with Crippen LogP contribution in [0.5, 0.6) is 0 Å². The molecule has 2 N–H and O–H groups in total. The van der Waals surface area contributed by atoms with E-state index in [1.165, 1.54) is 24.4 Å². The SMILES string of the molecule is O=C(N/N=C\c1ccc(Cl)c(Cl)c1)C(=O)Nc1cccc(C(F)(F)F)c1. The van der Waals surface area contributed by atoms with Gasteiger partial charge in [-0.15, -0.1) is 0 Å². The van der Waals surface area contributed by atoms with Crippen molar-refractivity contribution in [1.29, 1.82) is 0 Å². The highest BCUT2D eigenvalue weighted by molar-refractivity contribution is 6.42. The van der Waals surface area contributed by atoms with Crippen LogP contribution in [-0.4, -0.2) is 18.0 Å². The molecule has 0 unspecified atom stereocenters. The summed E-state index contributed by atoms with van der Waals surface area (Å²) in [4.78, 5) is 23.3. The van der Waals surface area contributed by atoms with Gasteiger partial charge >= 0.3 is 18.0 Å². The molecule has 0 spiro atoms. The van der Waals surface area contributed by atoms with Gasteiger partial charge in [0.1, 0.15) is 0 Å². The van der Waals surface area contributed by atoms with Crippen molar-refractivity contribution in [1.82, 2.24) is 5.43 Å². The third kappa shape index (κ3) is 5.47. The highest BCUT2D eigenvalue weighted by atomic mass is 35.5. The second kappa shape index (κ2) is 8.20. The zero-order valence-electron chi connectivity index (χ0n) is 12.8. The Labute approximate surface area is 155 Å². The van der Waals surface area contributed by atoms with Crippen molar-refractivity contribution in [2.24, 2.45) is 5.10 Å². The molecular formula is C16H10Cl2F3N3O2. The van der Waals surface area contributed by atoms with Crippen LogP contribution in [0.3, 0.4) is 0 Å². The number of nitrogens with zero attached hydrogens (tertiary/aromatic N) is 1. The smallest absolute Gasteiger partial charge is 0.318 e. The number of carbonyl (C=O) groups excluding carboxylic acids is 2. The molecule has 0 aliphatic heterocycles. The minimum absolute atomic E-state index is 0.173. The Kier molecular flexibility index (Phi) is 6.23. The Morgan fingerprint density at radius 3 is 2.38 bits per heavy atom. The van der Waals surface area contributed by atoms with Gasteiger partial charge in [-0.3, -0.25) is 9.59 Å². The number of carbonyl (C=O) groups is 2. The van der Waals surface area contributed by atoms with E-state index in [1.807, 2.05) is 5.43 Å². The number of nitrogens with one attached hydrogen (secondary N) is 2. The summed E-state index contributed by atoms with van der Waals surface area (Å²) < 4.78 is 37.8. The molecule has 5 nitrogen and oxygen atoms in total. The van der Waals surface area contributed by atoms with Gasteiger partial charge in [-0.25, -0.2) is 5.43 Å². The van der Waals surface area contributed by atoms with Crippen LogP contribution in [0.2, 0.25) is 10.0 Å². The Hall–Kier alpha value is -2.58. The molecule has 2 aromatic carbocycles. The number of benzene rings is 2. The number of alkyl halides is 3. The summed E-state index contributed by atoms with van der Waals surface area (Å²) in [6, 6.07) is 8.47. The topological polar surface area (TPSA) is 70.6 Å². The Morgan fingerprint density at radius 2 is 1.73 bits per heavy atom. The van der Waals surface area contributed by atoms with Crippen molar-refractivity contribution in [3.63, 3.8) is 0 Å². The van der Waals surface area contributed by atoms with Crippen LogP contribution in [0.25, 0.3) is 0 Å². The maximum Gasteiger partial charge on any atom is 0.416 e. The van der Waals surface area contributed by atoms with E-state index in [9.17, 15) is 22.8 Å². The number of rotatable bonds is 3. The van der Waals surface area contributed by atoms with Crippen LogP contribution < -0.4 is 10.7 Å². The van der Waals surface area contributed by atoms with Gasteiger partial charge in [0.05, 0.1) is 21.8 Å². The number of amides is 2. The maximum absolute atomic E-state index is 12.6. The summed E-state index contributed by atoms with van der Waals surface area (Å²) in [5.74, 6) is -2.32. The summed E-state index contributed by atoms with van der Waals surface area (Å²) in [6.07, 6.45) is -3.34. The van der Waals surface area contributed by atoms with Crippen LogP contribution >= 0.6 is 23.2 Å². The van der Waals surface area contributed by atoms with Crippen molar-refractivity contribution < 1.29 is 22.8 Å². The Balaban J connectivity index is 1.96. The number of hydrogen-bond acceptors (Lipinski definition) is 3. The predicted molar refractivity (Wildman–Crippen MR) is 92.3 cm³/mol. The fraction of sp³-hybridized carbons (Fsp3) is 0.0625. The molecule has 136 valence electrons. The van der Waals surface area contributed by atoms with E-state index in [0.29, 0.717) is 16.7 Å². The Bertz CT molecular complexity index is 870. The number of hydrazone groups is 1. The second-order valence-corrected chi connectivity index (χ2v) is 5.72. The number of halogens is 5. The molecule has 26 heavy (non-hydrogen) atoms. The summed E-state index contributed by atoms with van der Waals surface area (Å²) >= 11 is 11.6. The van der Waals surface area contributed by atoms with Crippen molar-refractivity contribution in [2.45, 2.75) is 6.18 Å². The average molecular weight is 404 g/mol. The van der Waals surface area contributed by atoms with Crippen molar-refractivity contribution in [2.75, 3.05) is 5.32 Å². The van der Waals surface area contributed by atoms with Crippen LogP contribution in [0.15, 0.2) is 47.6 Å². The van der Waals surface area contributed by atoms with Crippen molar-refractivity contribution in [3.05, 3.63) is 63.6 Å². The largest absolute Gasteiger partial charge is 0.416 e. The highest BCUT2D eigenvalue weighted by Gasteiger charge is 2.30. The molecule has 2 rings (SSSR count). The van der Waals surface area contributed by atoms with E-state index in [-0.39, 0.29) is 10.7 Å². The molecule has 2 amide bonds. The van der Waals surface area contributed by atoms with Crippen LogP contribution in [0.4, 0.5) is 18.9 Å². The number of hydrogen-bond donors (Lipinski definition) is 2. The molecule has 2 aromatic rings. The zero-order valence-corrected chi connectivity index (χ0v) is 14.3. The molecule has 10 heteroatoms. The van der Waals surface area contributed by atoms with Crippen molar-refractivity contribution >= 4 is 46.9 Å². The monoisotopic (exact) mass is 403 g/mol. The third-order valence-electron chi connectivity index (χ3n) is 2.98. The lowest BCUT2D eigenvalue weighted by Gasteiger charge is -2.09. The van der Waals surface area contributed by atoms with Crippen LogP contribution in [0, 0.1) is 0 Å². The Morgan fingerprint density at radius 1 is 1.00 bits per heavy atom. The first-order valence-corrected chi connectivity index (χ1v) is 7.69. The average Bonchev–Trinajstić information content (AvgIpc) is 2.57. The van der Waals surface area contributed by atoms with E-state index in [1.54, 1.807) is 6.07 Å². The quantitative estimate of drug-likeness (QED) is 0.460. The molecular weight excluding hydrogens is 394 g/mol. The summed E-state index contributed by atoms with van der Waals surface area (Å²) in [5.41, 5.74) is 1.34. The first-order valence-electron chi connectivity index (χ1n) is 6.93. The molecule has 0 aromatic heterocycles. The first kappa shape index (κ1) is 19.7. The standard InChI is InChI=1S/C16H10Cl2F3N3O2/c17-12-5-4-9(6-13(12)18)8-22-24-15(26)14(25)23-11-3-1-2-10(7-11)16(19,20)21/h1-8H,(H,23,25)(H,24,26)/b22-8-. The lowest BCUT2D eigenvalue weighted by Crippen LogP contribution is -2.32. The zero-order chi connectivity index (χ0) is 19.3. The first-order chi connectivity index (χ1) is 12.2. The second-order valence-electron chi connectivity index (χ2n) is 4.91. The molecule has 0 radical (unpaired) electrons. The van der Waals surface area contributed by atoms with Gasteiger partial charge in [0.25, 0.3) is 0 Å². The van der Waals surface area contributed by atoms with Gasteiger partial charge in [0, 0.05) is 5.69 Å². The summed E-state index contributed by atoms with van der Waals surface area (Å²) in [6.45, 7) is 0. The molecule has 0 saturated heterocycles. The van der Waals surface area contributed by atoms with E-state index < -0.39 is 23.6 Å². The molecule has 0 fully saturated rings. The van der Waals surface area contributed by atoms with E-state index in [4.69, 9.17) is 23.2 Å². The molecule has 0 heterocycles. The molecule has 0 atom stereocenters. The van der Waals surface area contributed by atoms with E-state index in [2.05, 4.69) is 10.4 Å². The fourth-order valence-electron chi connectivity index (χ4n) is 1.77. The van der Waals surface area contributed by atoms with E-state index in [0.717, 1.165) is 12.1 Å². The highest BCUT2D eigenvalue weighted by Crippen LogP contribution is 2.30. The lowest BCUT2D eigenvalue weighted by molar-refractivity contribution is -0.137. The van der Waals surface area contributed by atoms with Gasteiger partial charge in [-0.1, -0.05) is 35.3 Å². The third-order valence-corrected chi connectivity index (χ3v) is 3.72. The van der Waals surface area contributed by atoms with Crippen LogP contribution in [-0.2, 0) is 15.8 Å². The van der Waals surface area contributed by atoms with E-state index >= 15 is 0 Å². The summed E-state index contributed by atoms with van der Waals surface area (Å²) in [5, 5.41) is 6.24. The number of anilines is 1. The van der Waals surface area contributed by atoms with Gasteiger partial charge < -0.3 is 5.32 Å². The van der Waals surface area contributed by atoms with Gasteiger partial charge in [0.2, 0.25) is 0 Å². The minimum Gasteiger partial charge on any atom is -0.318 e. The molecule has 0 aliphatic rings. The molecule has 0 aliphatic carbocycles. The van der Waals surface area contributed by atoms with Crippen LogP contribution in [0.1, 0.15) is 11.1 Å². The normalized spacial score (nSPS) is 11.4.